The molecule has 1 heterocycles. The molecule has 18 heavy (non-hydrogen) atoms. The molecule has 1 fully saturated rings. The largest absolute Gasteiger partial charge is 0.317 e. The Morgan fingerprint density at radius 2 is 2.00 bits per heavy atom. The first-order valence-electron chi connectivity index (χ1n) is 7.13. The maximum Gasteiger partial charge on any atom is 0.0515 e. The minimum absolute atomic E-state index is 0.430. The summed E-state index contributed by atoms with van der Waals surface area (Å²) in [6.07, 6.45) is 2.39. The average molecular weight is 247 g/mol. The normalized spacial score (nSPS) is 23.4. The lowest BCUT2D eigenvalue weighted by atomic mass is 9.94. The number of rotatable bonds is 6. The van der Waals surface area contributed by atoms with Crippen LogP contribution in [0.4, 0.5) is 0 Å². The van der Waals surface area contributed by atoms with Crippen LogP contribution in [0.25, 0.3) is 0 Å². The van der Waals surface area contributed by atoms with Crippen molar-refractivity contribution in [3.05, 3.63) is 35.4 Å². The average Bonchev–Trinajstić information content (AvgIpc) is 2.86. The number of nitrogens with one attached hydrogen (secondary N) is 3. The van der Waals surface area contributed by atoms with Gasteiger partial charge in [0.15, 0.2) is 0 Å². The van der Waals surface area contributed by atoms with Gasteiger partial charge in [-0.2, -0.15) is 0 Å². The molecule has 3 heteroatoms. The Bertz CT molecular complexity index is 347. The molecule has 0 aromatic heterocycles. The first-order chi connectivity index (χ1) is 8.85. The SMILES string of the molecule is CCCc1ccc(C2NNCC2CNCC)cc1. The summed E-state index contributed by atoms with van der Waals surface area (Å²) < 4.78 is 0. The monoisotopic (exact) mass is 247 g/mol. The van der Waals surface area contributed by atoms with Crippen LogP contribution < -0.4 is 16.2 Å². The zero-order chi connectivity index (χ0) is 12.8. The Balaban J connectivity index is 2.00. The van der Waals surface area contributed by atoms with E-state index in [4.69, 9.17) is 0 Å². The highest BCUT2D eigenvalue weighted by Gasteiger charge is 2.27. The fraction of sp³-hybridized carbons (Fsp3) is 0.600. The highest BCUT2D eigenvalue weighted by molar-refractivity contribution is 5.26. The molecule has 1 aromatic rings. The third-order valence-electron chi connectivity index (χ3n) is 3.63. The smallest absolute Gasteiger partial charge is 0.0515 e. The second-order valence-corrected chi connectivity index (χ2v) is 5.06. The molecule has 0 bridgehead atoms. The van der Waals surface area contributed by atoms with E-state index in [1.165, 1.54) is 24.0 Å². The van der Waals surface area contributed by atoms with Crippen LogP contribution in [0.3, 0.4) is 0 Å². The Hall–Kier alpha value is -0.900. The van der Waals surface area contributed by atoms with Gasteiger partial charge in [-0.1, -0.05) is 44.5 Å². The van der Waals surface area contributed by atoms with Gasteiger partial charge in [-0.3, -0.25) is 5.43 Å². The van der Waals surface area contributed by atoms with Gasteiger partial charge in [-0.25, -0.2) is 5.43 Å². The Morgan fingerprint density at radius 3 is 2.67 bits per heavy atom. The summed E-state index contributed by atoms with van der Waals surface area (Å²) in [6.45, 7) is 7.53. The molecule has 3 nitrogen and oxygen atoms in total. The van der Waals surface area contributed by atoms with E-state index in [1.807, 2.05) is 0 Å². The zero-order valence-electron chi connectivity index (χ0n) is 11.5. The number of hydrogen-bond donors (Lipinski definition) is 3. The van der Waals surface area contributed by atoms with Gasteiger partial charge < -0.3 is 5.32 Å². The Kier molecular flexibility index (Phi) is 5.17. The van der Waals surface area contributed by atoms with Crippen LogP contribution in [-0.4, -0.2) is 19.6 Å². The van der Waals surface area contributed by atoms with E-state index in [9.17, 15) is 0 Å². The maximum atomic E-state index is 3.44. The van der Waals surface area contributed by atoms with E-state index in [1.54, 1.807) is 0 Å². The molecule has 2 atom stereocenters. The molecule has 0 amide bonds. The van der Waals surface area contributed by atoms with Crippen molar-refractivity contribution in [2.45, 2.75) is 32.7 Å². The second kappa shape index (κ2) is 6.88. The summed E-state index contributed by atoms with van der Waals surface area (Å²) in [5.74, 6) is 0.627. The third kappa shape index (κ3) is 3.31. The van der Waals surface area contributed by atoms with Gasteiger partial charge in [0, 0.05) is 19.0 Å². The molecule has 1 aliphatic heterocycles. The van der Waals surface area contributed by atoms with E-state index in [-0.39, 0.29) is 0 Å². The number of hydrogen-bond acceptors (Lipinski definition) is 3. The topological polar surface area (TPSA) is 36.1 Å². The Morgan fingerprint density at radius 1 is 1.22 bits per heavy atom. The standard InChI is InChI=1S/C15H25N3/c1-3-5-12-6-8-13(9-7-12)15-14(10-16-4-2)11-17-18-15/h6-9,14-18H,3-5,10-11H2,1-2H3. The molecule has 0 aliphatic carbocycles. The fourth-order valence-electron chi connectivity index (χ4n) is 2.59. The van der Waals surface area contributed by atoms with Gasteiger partial charge in [0.1, 0.15) is 0 Å². The molecule has 0 saturated carbocycles. The first kappa shape index (κ1) is 13.5. The lowest BCUT2D eigenvalue weighted by Crippen LogP contribution is -2.28. The van der Waals surface area contributed by atoms with E-state index in [2.05, 4.69) is 54.3 Å². The molecular formula is C15H25N3. The van der Waals surface area contributed by atoms with Crippen molar-refractivity contribution in [2.24, 2.45) is 5.92 Å². The lowest BCUT2D eigenvalue weighted by Gasteiger charge is -2.19. The predicted molar refractivity (Wildman–Crippen MR) is 76.4 cm³/mol. The predicted octanol–water partition coefficient (Wildman–Crippen LogP) is 2.01. The van der Waals surface area contributed by atoms with Crippen LogP contribution in [0.1, 0.15) is 37.4 Å². The van der Waals surface area contributed by atoms with Gasteiger partial charge in [-0.15, -0.1) is 0 Å². The molecule has 2 unspecified atom stereocenters. The molecular weight excluding hydrogens is 222 g/mol. The summed E-state index contributed by atoms with van der Waals surface area (Å²) in [5.41, 5.74) is 9.50. The van der Waals surface area contributed by atoms with Gasteiger partial charge in [0.05, 0.1) is 6.04 Å². The van der Waals surface area contributed by atoms with Crippen molar-refractivity contribution < 1.29 is 0 Å². The second-order valence-electron chi connectivity index (χ2n) is 5.06. The van der Waals surface area contributed by atoms with Crippen LogP contribution in [0.2, 0.25) is 0 Å². The summed E-state index contributed by atoms with van der Waals surface area (Å²) in [7, 11) is 0. The van der Waals surface area contributed by atoms with Crippen molar-refractivity contribution in [3.63, 3.8) is 0 Å². The van der Waals surface area contributed by atoms with Gasteiger partial charge in [-0.05, 0) is 24.1 Å². The van der Waals surface area contributed by atoms with Crippen molar-refractivity contribution in [3.8, 4) is 0 Å². The molecule has 0 radical (unpaired) electrons. The minimum Gasteiger partial charge on any atom is -0.317 e. The summed E-state index contributed by atoms with van der Waals surface area (Å²) >= 11 is 0. The summed E-state index contributed by atoms with van der Waals surface area (Å²) in [4.78, 5) is 0. The van der Waals surface area contributed by atoms with Crippen molar-refractivity contribution >= 4 is 0 Å². The molecule has 1 aromatic carbocycles. The van der Waals surface area contributed by atoms with Crippen LogP contribution in [0, 0.1) is 5.92 Å². The van der Waals surface area contributed by atoms with Gasteiger partial charge >= 0.3 is 0 Å². The van der Waals surface area contributed by atoms with Crippen LogP contribution in [-0.2, 0) is 6.42 Å². The minimum atomic E-state index is 0.430. The zero-order valence-corrected chi connectivity index (χ0v) is 11.5. The summed E-state index contributed by atoms with van der Waals surface area (Å²) in [6, 6.07) is 9.51. The summed E-state index contributed by atoms with van der Waals surface area (Å²) in [5, 5.41) is 3.44. The van der Waals surface area contributed by atoms with Gasteiger partial charge in [0.2, 0.25) is 0 Å². The molecule has 1 aliphatic rings. The van der Waals surface area contributed by atoms with Crippen molar-refractivity contribution in [1.29, 1.82) is 0 Å². The fourth-order valence-corrected chi connectivity index (χ4v) is 2.59. The number of aryl methyl sites for hydroxylation is 1. The quantitative estimate of drug-likeness (QED) is 0.720. The highest BCUT2D eigenvalue weighted by Crippen LogP contribution is 2.24. The van der Waals surface area contributed by atoms with E-state index < -0.39 is 0 Å². The first-order valence-corrected chi connectivity index (χ1v) is 7.13. The Labute approximate surface area is 110 Å². The van der Waals surface area contributed by atoms with Crippen molar-refractivity contribution in [1.82, 2.24) is 16.2 Å². The van der Waals surface area contributed by atoms with Gasteiger partial charge in [0.25, 0.3) is 0 Å². The molecule has 3 N–H and O–H groups in total. The van der Waals surface area contributed by atoms with E-state index >= 15 is 0 Å². The van der Waals surface area contributed by atoms with E-state index in [0.717, 1.165) is 19.6 Å². The van der Waals surface area contributed by atoms with Crippen LogP contribution in [0.5, 0.6) is 0 Å². The lowest BCUT2D eigenvalue weighted by molar-refractivity contribution is 0.447. The van der Waals surface area contributed by atoms with E-state index in [0.29, 0.717) is 12.0 Å². The van der Waals surface area contributed by atoms with Crippen molar-refractivity contribution in [2.75, 3.05) is 19.6 Å². The third-order valence-corrected chi connectivity index (χ3v) is 3.63. The maximum absolute atomic E-state index is 3.44. The molecule has 100 valence electrons. The van der Waals surface area contributed by atoms with Crippen LogP contribution >= 0.6 is 0 Å². The molecule has 1 saturated heterocycles. The molecule has 2 rings (SSSR count). The highest BCUT2D eigenvalue weighted by atomic mass is 15.4. The number of benzene rings is 1. The number of hydrazine groups is 1. The molecule has 0 spiro atoms. The van der Waals surface area contributed by atoms with Crippen LogP contribution in [0.15, 0.2) is 24.3 Å².